The Kier molecular flexibility index (Phi) is 1.53. The van der Waals surface area contributed by atoms with E-state index in [1.165, 1.54) is 0 Å². The predicted octanol–water partition coefficient (Wildman–Crippen LogP) is 1.59. The van der Waals surface area contributed by atoms with Gasteiger partial charge in [-0.15, -0.1) is 0 Å². The molecule has 0 radical (unpaired) electrons. The number of hydrogen-bond acceptors (Lipinski definition) is 2. The molecule has 0 saturated carbocycles. The van der Waals surface area contributed by atoms with Gasteiger partial charge in [0.15, 0.2) is 5.78 Å². The zero-order valence-corrected chi connectivity index (χ0v) is 7.37. The third-order valence-corrected chi connectivity index (χ3v) is 2.28. The standard InChI is InChI=1S/C9H12N2O/c1-6(2)11-5-10-7-3-4-8(12)9(7)11/h5-6H,3-4H2,1-2H3. The first-order valence-electron chi connectivity index (χ1n) is 4.29. The highest BCUT2D eigenvalue weighted by molar-refractivity contribution is 5.98. The van der Waals surface area contributed by atoms with Crippen molar-refractivity contribution < 1.29 is 4.79 Å². The van der Waals surface area contributed by atoms with Crippen molar-refractivity contribution in [2.24, 2.45) is 0 Å². The summed E-state index contributed by atoms with van der Waals surface area (Å²) in [6.45, 7) is 4.13. The number of ketones is 1. The molecular formula is C9H12N2O. The van der Waals surface area contributed by atoms with Crippen molar-refractivity contribution in [3.8, 4) is 0 Å². The lowest BCUT2D eigenvalue weighted by Crippen LogP contribution is -2.07. The van der Waals surface area contributed by atoms with Gasteiger partial charge in [-0.05, 0) is 20.3 Å². The average Bonchev–Trinajstić information content (AvgIpc) is 2.53. The van der Waals surface area contributed by atoms with Crippen molar-refractivity contribution in [2.75, 3.05) is 0 Å². The Morgan fingerprint density at radius 3 is 2.92 bits per heavy atom. The highest BCUT2D eigenvalue weighted by atomic mass is 16.1. The van der Waals surface area contributed by atoms with Crippen LogP contribution in [0.2, 0.25) is 0 Å². The minimum Gasteiger partial charge on any atom is -0.325 e. The molecule has 0 aromatic carbocycles. The van der Waals surface area contributed by atoms with Crippen LogP contribution in [-0.4, -0.2) is 15.3 Å². The van der Waals surface area contributed by atoms with Crippen LogP contribution in [0.25, 0.3) is 0 Å². The number of rotatable bonds is 1. The molecule has 2 rings (SSSR count). The lowest BCUT2D eigenvalue weighted by atomic mass is 10.3. The molecule has 0 bridgehead atoms. The Morgan fingerprint density at radius 2 is 2.25 bits per heavy atom. The molecule has 0 atom stereocenters. The van der Waals surface area contributed by atoms with E-state index in [0.717, 1.165) is 17.8 Å². The SMILES string of the molecule is CC(C)n1cnc2c1C(=O)CC2. The summed E-state index contributed by atoms with van der Waals surface area (Å²) in [6, 6.07) is 0.336. The Balaban J connectivity index is 2.53. The Hall–Kier alpha value is -1.12. The van der Waals surface area contributed by atoms with Crippen molar-refractivity contribution in [2.45, 2.75) is 32.7 Å². The first-order valence-corrected chi connectivity index (χ1v) is 4.29. The van der Waals surface area contributed by atoms with E-state index in [9.17, 15) is 4.79 Å². The van der Waals surface area contributed by atoms with Crippen LogP contribution in [0.1, 0.15) is 42.5 Å². The van der Waals surface area contributed by atoms with E-state index in [2.05, 4.69) is 18.8 Å². The van der Waals surface area contributed by atoms with Gasteiger partial charge in [0.25, 0.3) is 0 Å². The molecule has 3 nitrogen and oxygen atoms in total. The highest BCUT2D eigenvalue weighted by Crippen LogP contribution is 2.22. The lowest BCUT2D eigenvalue weighted by molar-refractivity contribution is 0.0985. The maximum Gasteiger partial charge on any atom is 0.181 e. The normalized spacial score (nSPS) is 15.8. The molecule has 1 aromatic heterocycles. The van der Waals surface area contributed by atoms with Crippen LogP contribution in [0, 0.1) is 0 Å². The zero-order valence-electron chi connectivity index (χ0n) is 7.37. The molecule has 0 fully saturated rings. The summed E-state index contributed by atoms with van der Waals surface area (Å²) in [4.78, 5) is 15.6. The average molecular weight is 164 g/mol. The molecule has 1 aliphatic carbocycles. The minimum atomic E-state index is 0.246. The summed E-state index contributed by atoms with van der Waals surface area (Å²) < 4.78 is 1.96. The molecule has 1 heterocycles. The fourth-order valence-corrected chi connectivity index (χ4v) is 1.63. The number of aryl methyl sites for hydroxylation is 1. The third kappa shape index (κ3) is 0.891. The van der Waals surface area contributed by atoms with Gasteiger partial charge in [0.1, 0.15) is 5.69 Å². The molecular weight excluding hydrogens is 152 g/mol. The molecule has 12 heavy (non-hydrogen) atoms. The molecule has 0 spiro atoms. The first kappa shape index (κ1) is 7.53. The van der Waals surface area contributed by atoms with Gasteiger partial charge in [0, 0.05) is 12.5 Å². The lowest BCUT2D eigenvalue weighted by Gasteiger charge is -2.08. The monoisotopic (exact) mass is 164 g/mol. The van der Waals surface area contributed by atoms with Gasteiger partial charge >= 0.3 is 0 Å². The summed E-state index contributed by atoms with van der Waals surface area (Å²) in [7, 11) is 0. The van der Waals surface area contributed by atoms with Crippen LogP contribution in [0.4, 0.5) is 0 Å². The maximum atomic E-state index is 11.4. The number of imidazole rings is 1. The van der Waals surface area contributed by atoms with Crippen molar-refractivity contribution >= 4 is 5.78 Å². The molecule has 3 heteroatoms. The topological polar surface area (TPSA) is 34.9 Å². The van der Waals surface area contributed by atoms with Crippen LogP contribution < -0.4 is 0 Å². The second kappa shape index (κ2) is 2.44. The molecule has 0 saturated heterocycles. The van der Waals surface area contributed by atoms with E-state index in [1.807, 2.05) is 4.57 Å². The van der Waals surface area contributed by atoms with Gasteiger partial charge in [0.05, 0.1) is 12.0 Å². The molecule has 0 unspecified atom stereocenters. The van der Waals surface area contributed by atoms with Gasteiger partial charge in [0.2, 0.25) is 0 Å². The van der Waals surface area contributed by atoms with E-state index in [-0.39, 0.29) is 5.78 Å². The van der Waals surface area contributed by atoms with E-state index >= 15 is 0 Å². The van der Waals surface area contributed by atoms with E-state index in [4.69, 9.17) is 0 Å². The molecule has 1 aliphatic rings. The summed E-state index contributed by atoms with van der Waals surface area (Å²) in [6.07, 6.45) is 3.24. The fourth-order valence-electron chi connectivity index (χ4n) is 1.63. The van der Waals surface area contributed by atoms with Crippen molar-refractivity contribution in [3.63, 3.8) is 0 Å². The van der Waals surface area contributed by atoms with E-state index < -0.39 is 0 Å². The third-order valence-electron chi connectivity index (χ3n) is 2.28. The Bertz CT molecular complexity index is 325. The first-order chi connectivity index (χ1) is 5.70. The number of Topliss-reactive ketones (excluding diaryl/α,β-unsaturated/α-hetero) is 1. The van der Waals surface area contributed by atoms with Crippen LogP contribution in [-0.2, 0) is 6.42 Å². The van der Waals surface area contributed by atoms with Gasteiger partial charge in [-0.1, -0.05) is 0 Å². The summed E-state index contributed by atoms with van der Waals surface area (Å²) in [5.41, 5.74) is 1.82. The van der Waals surface area contributed by atoms with Gasteiger partial charge in [-0.25, -0.2) is 4.98 Å². The van der Waals surface area contributed by atoms with E-state index in [1.54, 1.807) is 6.33 Å². The molecule has 0 N–H and O–H groups in total. The Morgan fingerprint density at radius 1 is 1.50 bits per heavy atom. The Labute approximate surface area is 71.4 Å². The summed E-state index contributed by atoms with van der Waals surface area (Å²) in [5.74, 6) is 0.246. The summed E-state index contributed by atoms with van der Waals surface area (Å²) in [5, 5.41) is 0. The minimum absolute atomic E-state index is 0.246. The van der Waals surface area contributed by atoms with Gasteiger partial charge in [-0.2, -0.15) is 0 Å². The van der Waals surface area contributed by atoms with Crippen molar-refractivity contribution in [3.05, 3.63) is 17.7 Å². The molecule has 0 aliphatic heterocycles. The van der Waals surface area contributed by atoms with Crippen LogP contribution in [0.15, 0.2) is 6.33 Å². The van der Waals surface area contributed by atoms with Crippen LogP contribution in [0.3, 0.4) is 0 Å². The maximum absolute atomic E-state index is 11.4. The molecule has 64 valence electrons. The quantitative estimate of drug-likeness (QED) is 0.631. The zero-order chi connectivity index (χ0) is 8.72. The number of hydrogen-bond donors (Lipinski definition) is 0. The smallest absolute Gasteiger partial charge is 0.181 e. The van der Waals surface area contributed by atoms with Gasteiger partial charge < -0.3 is 4.57 Å². The summed E-state index contributed by atoms with van der Waals surface area (Å²) >= 11 is 0. The van der Waals surface area contributed by atoms with Crippen molar-refractivity contribution in [1.29, 1.82) is 0 Å². The van der Waals surface area contributed by atoms with Crippen LogP contribution in [0.5, 0.6) is 0 Å². The highest BCUT2D eigenvalue weighted by Gasteiger charge is 2.25. The molecule has 0 amide bonds. The number of aromatic nitrogens is 2. The second-order valence-corrected chi connectivity index (χ2v) is 3.46. The largest absolute Gasteiger partial charge is 0.325 e. The number of carbonyl (C=O) groups is 1. The number of nitrogens with zero attached hydrogens (tertiary/aromatic N) is 2. The van der Waals surface area contributed by atoms with Crippen LogP contribution >= 0.6 is 0 Å². The fraction of sp³-hybridized carbons (Fsp3) is 0.556. The predicted molar refractivity (Wildman–Crippen MR) is 45.3 cm³/mol. The van der Waals surface area contributed by atoms with E-state index in [0.29, 0.717) is 12.5 Å². The van der Waals surface area contributed by atoms with Gasteiger partial charge in [-0.3, -0.25) is 4.79 Å². The second-order valence-electron chi connectivity index (χ2n) is 3.46. The number of carbonyl (C=O) groups excluding carboxylic acids is 1. The van der Waals surface area contributed by atoms with Crippen molar-refractivity contribution in [1.82, 2.24) is 9.55 Å². The number of fused-ring (bicyclic) bond motifs is 1. The molecule has 1 aromatic rings.